The maximum Gasteiger partial charge on any atom is 0.123 e. The summed E-state index contributed by atoms with van der Waals surface area (Å²) in [4.78, 5) is 4.51. The number of aromatic nitrogens is 2. The number of benzene rings is 2. The normalized spacial score (nSPS) is 10.6. The van der Waals surface area contributed by atoms with E-state index in [2.05, 4.69) is 40.7 Å². The molecule has 34 heavy (non-hydrogen) atoms. The van der Waals surface area contributed by atoms with Gasteiger partial charge in [0.15, 0.2) is 0 Å². The van der Waals surface area contributed by atoms with Crippen LogP contribution in [0.3, 0.4) is 0 Å². The van der Waals surface area contributed by atoms with Gasteiger partial charge in [0.05, 0.1) is 24.5 Å². The molecule has 2 aromatic carbocycles. The van der Waals surface area contributed by atoms with Crippen molar-refractivity contribution in [2.45, 2.75) is 39.2 Å². The van der Waals surface area contributed by atoms with Gasteiger partial charge in [0, 0.05) is 16.3 Å². The maximum atomic E-state index is 6.55. The molecule has 0 bridgehead atoms. The maximum absolute atomic E-state index is 6.55. The molecule has 0 saturated heterocycles. The van der Waals surface area contributed by atoms with E-state index in [1.165, 1.54) is 19.3 Å². The molecule has 0 aliphatic rings. The number of halogens is 2. The lowest BCUT2D eigenvalue weighted by Gasteiger charge is -2.15. The Bertz CT molecular complexity index is 1190. The first-order chi connectivity index (χ1) is 16.2. The van der Waals surface area contributed by atoms with E-state index in [9.17, 15) is 0 Å². The van der Waals surface area contributed by atoms with E-state index in [0.29, 0.717) is 12.4 Å². The molecule has 0 spiro atoms. The Hall–Kier alpha value is -2.95. The minimum Gasteiger partial charge on any atom is -0.494 e. The van der Waals surface area contributed by atoms with Crippen molar-refractivity contribution in [2.75, 3.05) is 12.3 Å². The molecule has 0 radical (unpaired) electrons. The number of pyridine rings is 1. The molecule has 0 saturated carbocycles. The fraction of sp³-hybridized carbons (Fsp3) is 0.250. The van der Waals surface area contributed by atoms with Gasteiger partial charge in [-0.25, -0.2) is 4.98 Å². The lowest BCUT2D eigenvalue weighted by atomic mass is 10.1. The topological polar surface area (TPSA) is 53.1 Å². The highest BCUT2D eigenvalue weighted by atomic mass is 35.5. The molecule has 178 valence electrons. The van der Waals surface area contributed by atoms with Crippen LogP contribution in [0.1, 0.15) is 38.3 Å². The monoisotopic (exact) mass is 495 g/mol. The fourth-order valence-electron chi connectivity index (χ4n) is 3.98. The molecular weight excluding hydrogens is 465 g/mol. The molecule has 0 atom stereocenters. The summed E-state index contributed by atoms with van der Waals surface area (Å²) in [6.45, 7) is 3.56. The SMILES string of the molecule is CCCCCCOc1ccc(-c2ccc(-c3ccccc3Cl)n2Cc2cccc(N)n2)cc1.Cl. The molecule has 4 nitrogen and oxygen atoms in total. The molecule has 2 aromatic heterocycles. The number of rotatable bonds is 10. The lowest BCUT2D eigenvalue weighted by molar-refractivity contribution is 0.305. The van der Waals surface area contributed by atoms with Crippen LogP contribution in [0.15, 0.2) is 78.9 Å². The smallest absolute Gasteiger partial charge is 0.123 e. The van der Waals surface area contributed by atoms with Crippen LogP contribution < -0.4 is 10.5 Å². The Balaban J connectivity index is 0.00000324. The second-order valence-electron chi connectivity index (χ2n) is 8.16. The Kier molecular flexibility index (Phi) is 9.43. The molecule has 4 aromatic rings. The van der Waals surface area contributed by atoms with Crippen LogP contribution in [-0.4, -0.2) is 16.2 Å². The van der Waals surface area contributed by atoms with E-state index in [-0.39, 0.29) is 12.4 Å². The highest BCUT2D eigenvalue weighted by Gasteiger charge is 2.15. The largest absolute Gasteiger partial charge is 0.494 e. The van der Waals surface area contributed by atoms with Gasteiger partial charge in [0.1, 0.15) is 11.6 Å². The molecule has 4 rings (SSSR count). The van der Waals surface area contributed by atoms with Crippen molar-refractivity contribution >= 4 is 29.8 Å². The molecule has 0 aliphatic heterocycles. The third kappa shape index (κ3) is 6.34. The Morgan fingerprint density at radius 3 is 2.35 bits per heavy atom. The number of anilines is 1. The number of hydrogen-bond donors (Lipinski definition) is 1. The van der Waals surface area contributed by atoms with Gasteiger partial charge in [-0.15, -0.1) is 12.4 Å². The van der Waals surface area contributed by atoms with Crippen LogP contribution in [0, 0.1) is 0 Å². The van der Waals surface area contributed by atoms with Gasteiger partial charge in [-0.05, 0) is 66.6 Å². The number of nitrogens with two attached hydrogens (primary N) is 1. The predicted molar refractivity (Wildman–Crippen MR) is 145 cm³/mol. The van der Waals surface area contributed by atoms with Crippen LogP contribution in [0.4, 0.5) is 5.82 Å². The van der Waals surface area contributed by atoms with E-state index >= 15 is 0 Å². The first kappa shape index (κ1) is 25.7. The molecule has 2 N–H and O–H groups in total. The zero-order chi connectivity index (χ0) is 23.0. The third-order valence-electron chi connectivity index (χ3n) is 5.70. The summed E-state index contributed by atoms with van der Waals surface area (Å²) in [5.41, 5.74) is 11.1. The summed E-state index contributed by atoms with van der Waals surface area (Å²) in [7, 11) is 0. The average molecular weight is 496 g/mol. The van der Waals surface area contributed by atoms with Crippen molar-refractivity contribution in [3.63, 3.8) is 0 Å². The second-order valence-corrected chi connectivity index (χ2v) is 8.56. The van der Waals surface area contributed by atoms with Gasteiger partial charge in [-0.3, -0.25) is 0 Å². The summed E-state index contributed by atoms with van der Waals surface area (Å²) in [5.74, 6) is 1.41. The van der Waals surface area contributed by atoms with Crippen molar-refractivity contribution in [2.24, 2.45) is 0 Å². The fourth-order valence-corrected chi connectivity index (χ4v) is 4.22. The minimum absolute atomic E-state index is 0. The third-order valence-corrected chi connectivity index (χ3v) is 6.03. The van der Waals surface area contributed by atoms with Gasteiger partial charge < -0.3 is 15.0 Å². The number of hydrogen-bond acceptors (Lipinski definition) is 3. The second kappa shape index (κ2) is 12.5. The van der Waals surface area contributed by atoms with Crippen molar-refractivity contribution in [1.29, 1.82) is 0 Å². The summed E-state index contributed by atoms with van der Waals surface area (Å²) >= 11 is 6.55. The Labute approximate surface area is 213 Å². The highest BCUT2D eigenvalue weighted by Crippen LogP contribution is 2.34. The van der Waals surface area contributed by atoms with Crippen molar-refractivity contribution in [1.82, 2.24) is 9.55 Å². The van der Waals surface area contributed by atoms with Crippen LogP contribution in [0.5, 0.6) is 5.75 Å². The summed E-state index contributed by atoms with van der Waals surface area (Å²) in [5, 5.41) is 0.718. The van der Waals surface area contributed by atoms with E-state index in [0.717, 1.165) is 52.0 Å². The number of unbranched alkanes of at least 4 members (excludes halogenated alkanes) is 3. The quantitative estimate of drug-likeness (QED) is 0.227. The minimum atomic E-state index is 0. The van der Waals surface area contributed by atoms with Gasteiger partial charge in [0.25, 0.3) is 0 Å². The van der Waals surface area contributed by atoms with Gasteiger partial charge in [0.2, 0.25) is 0 Å². The molecule has 0 amide bonds. The zero-order valence-corrected chi connectivity index (χ0v) is 21.0. The Morgan fingerprint density at radius 1 is 0.853 bits per heavy atom. The summed E-state index contributed by atoms with van der Waals surface area (Å²) < 4.78 is 8.16. The van der Waals surface area contributed by atoms with E-state index < -0.39 is 0 Å². The van der Waals surface area contributed by atoms with Crippen LogP contribution in [0.2, 0.25) is 5.02 Å². The van der Waals surface area contributed by atoms with Crippen LogP contribution >= 0.6 is 24.0 Å². The summed E-state index contributed by atoms with van der Waals surface area (Å²) in [6, 6.07) is 26.2. The highest BCUT2D eigenvalue weighted by molar-refractivity contribution is 6.33. The molecular formula is C28H31Cl2N3O. The molecule has 2 heterocycles. The standard InChI is InChI=1S/C28H30ClN3O.ClH/c1-2-3-4-7-19-33-23-15-13-21(14-16-23)26-17-18-27(24-10-5-6-11-25(24)29)32(26)20-22-9-8-12-28(30)31-22;/h5-6,8-18H,2-4,7,19-20H2,1H3,(H2,30,31);1H. The molecule has 6 heteroatoms. The summed E-state index contributed by atoms with van der Waals surface area (Å²) in [6.07, 6.45) is 4.79. The van der Waals surface area contributed by atoms with E-state index in [4.69, 9.17) is 22.1 Å². The van der Waals surface area contributed by atoms with Gasteiger partial charge in [-0.2, -0.15) is 0 Å². The number of nitrogen functional groups attached to an aromatic ring is 1. The average Bonchev–Trinajstić information content (AvgIpc) is 3.23. The number of nitrogens with zero attached hydrogens (tertiary/aromatic N) is 2. The van der Waals surface area contributed by atoms with Crippen molar-refractivity contribution in [3.05, 3.63) is 89.6 Å². The van der Waals surface area contributed by atoms with Gasteiger partial charge in [-0.1, -0.05) is 62.1 Å². The zero-order valence-electron chi connectivity index (χ0n) is 19.4. The first-order valence-corrected chi connectivity index (χ1v) is 11.9. The molecule has 0 aliphatic carbocycles. The Morgan fingerprint density at radius 2 is 1.62 bits per heavy atom. The first-order valence-electron chi connectivity index (χ1n) is 11.5. The van der Waals surface area contributed by atoms with E-state index in [1.54, 1.807) is 6.07 Å². The van der Waals surface area contributed by atoms with Crippen molar-refractivity contribution < 1.29 is 4.74 Å². The molecule has 0 unspecified atom stereocenters. The van der Waals surface area contributed by atoms with Crippen LogP contribution in [0.25, 0.3) is 22.5 Å². The predicted octanol–water partition coefficient (Wildman–Crippen LogP) is 7.88. The van der Waals surface area contributed by atoms with E-state index in [1.807, 2.05) is 48.5 Å². The van der Waals surface area contributed by atoms with Crippen LogP contribution in [-0.2, 0) is 6.54 Å². The van der Waals surface area contributed by atoms with Crippen molar-refractivity contribution in [3.8, 4) is 28.3 Å². The van der Waals surface area contributed by atoms with Gasteiger partial charge >= 0.3 is 0 Å². The number of ether oxygens (including phenoxy) is 1. The lowest BCUT2D eigenvalue weighted by Crippen LogP contribution is -2.06. The molecule has 0 fully saturated rings.